The largest absolute Gasteiger partial charge is 0.351 e. The minimum absolute atomic E-state index is 0.00766. The van der Waals surface area contributed by atoms with Crippen LogP contribution in [-0.2, 0) is 32.2 Å². The number of hydrogen-bond acceptors (Lipinski definition) is 5. The zero-order valence-electron chi connectivity index (χ0n) is 19.3. The molecule has 34 heavy (non-hydrogen) atoms. The number of benzene rings is 2. The molecule has 0 spiro atoms. The topological polar surface area (TPSA) is 105 Å². The number of anilines is 1. The summed E-state index contributed by atoms with van der Waals surface area (Å²) in [6, 6.07) is 15.2. The lowest BCUT2D eigenvalue weighted by molar-refractivity contribution is -0.145. The van der Waals surface area contributed by atoms with Gasteiger partial charge < -0.3 is 16.0 Å². The van der Waals surface area contributed by atoms with E-state index in [9.17, 15) is 14.4 Å². The van der Waals surface area contributed by atoms with Crippen molar-refractivity contribution in [2.75, 3.05) is 31.3 Å². The number of nitrogens with zero attached hydrogens (tertiary/aromatic N) is 2. The highest BCUT2D eigenvalue weighted by Crippen LogP contribution is 2.33. The van der Waals surface area contributed by atoms with Crippen LogP contribution in [0.3, 0.4) is 0 Å². The fourth-order valence-corrected chi connectivity index (χ4v) is 4.42. The van der Waals surface area contributed by atoms with Crippen molar-refractivity contribution in [2.45, 2.75) is 32.7 Å². The molecule has 182 valence electrons. The van der Waals surface area contributed by atoms with E-state index in [-0.39, 0.29) is 25.0 Å². The Hall–Kier alpha value is -2.75. The molecule has 0 bridgehead atoms. The van der Waals surface area contributed by atoms with Gasteiger partial charge in [0.2, 0.25) is 18.2 Å². The molecule has 1 saturated heterocycles. The van der Waals surface area contributed by atoms with Gasteiger partial charge in [0.05, 0.1) is 24.3 Å². The number of carbonyl (C=O) groups excluding carboxylic acids is 3. The van der Waals surface area contributed by atoms with E-state index in [4.69, 9.17) is 10.6 Å². The molecule has 1 heterocycles. The molecule has 1 aliphatic rings. The Morgan fingerprint density at radius 1 is 1.18 bits per heavy atom. The molecule has 0 atom stereocenters. The van der Waals surface area contributed by atoms with Gasteiger partial charge in [0.15, 0.2) is 0 Å². The van der Waals surface area contributed by atoms with Gasteiger partial charge in [0, 0.05) is 24.1 Å². The molecule has 0 saturated carbocycles. The number of amides is 3. The average Bonchev–Trinajstić information content (AvgIpc) is 2.88. The number of likely N-dealkylation sites (tertiary alicyclic amines) is 1. The van der Waals surface area contributed by atoms with Crippen molar-refractivity contribution in [1.29, 1.82) is 0 Å². The number of halogens is 1. The van der Waals surface area contributed by atoms with Gasteiger partial charge in [-0.15, -0.1) is 0 Å². The molecule has 9 heteroatoms. The third-order valence-corrected chi connectivity index (χ3v) is 7.08. The summed E-state index contributed by atoms with van der Waals surface area (Å²) < 4.78 is 0.909. The Morgan fingerprint density at radius 3 is 2.44 bits per heavy atom. The number of aryl methyl sites for hydroxylation is 1. The van der Waals surface area contributed by atoms with Crippen LogP contribution in [0.15, 0.2) is 53.0 Å². The minimum Gasteiger partial charge on any atom is -0.351 e. The Kier molecular flexibility index (Phi) is 9.20. The summed E-state index contributed by atoms with van der Waals surface area (Å²) in [7, 11) is 0. The summed E-state index contributed by atoms with van der Waals surface area (Å²) in [5.74, 6) is -0.316. The second-order valence-corrected chi connectivity index (χ2v) is 9.22. The normalized spacial score (nSPS) is 15.0. The molecule has 0 aliphatic carbocycles. The molecular weight excluding hydrogens is 500 g/mol. The molecule has 2 aromatic carbocycles. The number of hydroxylamine groups is 1. The first kappa shape index (κ1) is 25.9. The van der Waals surface area contributed by atoms with Crippen LogP contribution in [0.4, 0.5) is 5.69 Å². The summed E-state index contributed by atoms with van der Waals surface area (Å²) in [5.41, 5.74) is 7.31. The van der Waals surface area contributed by atoms with Gasteiger partial charge in [-0.1, -0.05) is 53.2 Å². The van der Waals surface area contributed by atoms with E-state index in [0.717, 1.165) is 27.1 Å². The van der Waals surface area contributed by atoms with Crippen LogP contribution in [0.5, 0.6) is 0 Å². The van der Waals surface area contributed by atoms with Crippen LogP contribution in [0.2, 0.25) is 0 Å². The van der Waals surface area contributed by atoms with Crippen molar-refractivity contribution >= 4 is 39.8 Å². The lowest BCUT2D eigenvalue weighted by atomic mass is 9.78. The van der Waals surface area contributed by atoms with Gasteiger partial charge in [-0.05, 0) is 48.6 Å². The number of rotatable bonds is 10. The summed E-state index contributed by atoms with van der Waals surface area (Å²) >= 11 is 3.51. The van der Waals surface area contributed by atoms with Gasteiger partial charge in [-0.2, -0.15) is 5.06 Å². The van der Waals surface area contributed by atoms with Crippen molar-refractivity contribution in [3.8, 4) is 0 Å². The lowest BCUT2D eigenvalue weighted by Crippen LogP contribution is -2.53. The second-order valence-electron chi connectivity index (χ2n) is 8.36. The number of piperidine rings is 1. The smallest absolute Gasteiger partial charge is 0.238 e. The quantitative estimate of drug-likeness (QED) is 0.363. The molecule has 3 N–H and O–H groups in total. The summed E-state index contributed by atoms with van der Waals surface area (Å²) in [5, 5.41) is 4.17. The van der Waals surface area contributed by atoms with E-state index >= 15 is 0 Å². The van der Waals surface area contributed by atoms with Crippen LogP contribution in [-0.4, -0.2) is 49.4 Å². The predicted octanol–water partition coefficient (Wildman–Crippen LogP) is 2.79. The molecule has 8 nitrogen and oxygen atoms in total. The molecular formula is C25H31BrN4O4. The zero-order chi connectivity index (χ0) is 24.6. The highest BCUT2D eigenvalue weighted by atomic mass is 79.9. The third-order valence-electron chi connectivity index (χ3n) is 6.30. The standard InChI is InChI=1S/C25H31BrN4O4/c1-2-19-7-9-21(10-8-19)30(18-31)34-17-25(11-13-29(14-12-25)23(32)15-27)24(33)28-16-20-5-3-4-6-22(20)26/h3-10,18H,2,11-17,27H2,1H3,(H,28,33). The molecule has 3 rings (SSSR count). The first-order valence-electron chi connectivity index (χ1n) is 11.4. The van der Waals surface area contributed by atoms with E-state index in [2.05, 4.69) is 28.2 Å². The third kappa shape index (κ3) is 6.22. The number of hydrogen-bond donors (Lipinski definition) is 2. The highest BCUT2D eigenvalue weighted by molar-refractivity contribution is 9.10. The Labute approximate surface area is 208 Å². The van der Waals surface area contributed by atoms with Crippen LogP contribution >= 0.6 is 15.9 Å². The van der Waals surface area contributed by atoms with E-state index in [1.807, 2.05) is 48.5 Å². The monoisotopic (exact) mass is 530 g/mol. The Bertz CT molecular complexity index is 991. The van der Waals surface area contributed by atoms with Crippen molar-refractivity contribution in [3.63, 3.8) is 0 Å². The fraction of sp³-hybridized carbons (Fsp3) is 0.400. The number of nitrogens with two attached hydrogens (primary N) is 1. The van der Waals surface area contributed by atoms with Crippen molar-refractivity contribution in [1.82, 2.24) is 10.2 Å². The van der Waals surface area contributed by atoms with Crippen molar-refractivity contribution in [3.05, 3.63) is 64.1 Å². The lowest BCUT2D eigenvalue weighted by Gasteiger charge is -2.40. The van der Waals surface area contributed by atoms with E-state index in [1.54, 1.807) is 4.90 Å². The Morgan fingerprint density at radius 2 is 1.85 bits per heavy atom. The maximum absolute atomic E-state index is 13.4. The summed E-state index contributed by atoms with van der Waals surface area (Å²) in [6.45, 7) is 3.14. The van der Waals surface area contributed by atoms with Gasteiger partial charge in [-0.3, -0.25) is 19.2 Å². The molecule has 1 fully saturated rings. The summed E-state index contributed by atoms with van der Waals surface area (Å²) in [6.07, 6.45) is 2.30. The van der Waals surface area contributed by atoms with Crippen LogP contribution in [0.25, 0.3) is 0 Å². The molecule has 1 aliphatic heterocycles. The highest BCUT2D eigenvalue weighted by Gasteiger charge is 2.43. The summed E-state index contributed by atoms with van der Waals surface area (Å²) in [4.78, 5) is 44.8. The second kappa shape index (κ2) is 12.1. The zero-order valence-corrected chi connectivity index (χ0v) is 20.9. The molecule has 0 radical (unpaired) electrons. The number of nitrogens with one attached hydrogen (secondary N) is 1. The molecule has 2 aromatic rings. The minimum atomic E-state index is -0.892. The van der Waals surface area contributed by atoms with Crippen molar-refractivity contribution < 1.29 is 19.2 Å². The SMILES string of the molecule is CCc1ccc(N(C=O)OCC2(C(=O)NCc3ccccc3Br)CCN(C(=O)CN)CC2)cc1. The molecule has 0 unspecified atom stereocenters. The van der Waals surface area contributed by atoms with Gasteiger partial charge >= 0.3 is 0 Å². The Balaban J connectivity index is 1.74. The predicted molar refractivity (Wildman–Crippen MR) is 134 cm³/mol. The maximum atomic E-state index is 13.4. The maximum Gasteiger partial charge on any atom is 0.238 e. The van der Waals surface area contributed by atoms with E-state index in [0.29, 0.717) is 44.6 Å². The van der Waals surface area contributed by atoms with E-state index in [1.165, 1.54) is 0 Å². The fourth-order valence-electron chi connectivity index (χ4n) is 3.99. The van der Waals surface area contributed by atoms with Crippen LogP contribution < -0.4 is 16.1 Å². The van der Waals surface area contributed by atoms with Gasteiger partial charge in [0.1, 0.15) is 0 Å². The first-order valence-corrected chi connectivity index (χ1v) is 12.2. The molecule has 3 amide bonds. The van der Waals surface area contributed by atoms with Crippen LogP contribution in [0.1, 0.15) is 30.9 Å². The van der Waals surface area contributed by atoms with Crippen LogP contribution in [0, 0.1) is 5.41 Å². The van der Waals surface area contributed by atoms with Gasteiger partial charge in [0.25, 0.3) is 0 Å². The van der Waals surface area contributed by atoms with Gasteiger partial charge in [-0.25, -0.2) is 0 Å². The first-order chi connectivity index (χ1) is 16.4. The molecule has 0 aromatic heterocycles. The van der Waals surface area contributed by atoms with Crippen molar-refractivity contribution in [2.24, 2.45) is 11.1 Å². The average molecular weight is 531 g/mol. The number of carbonyl (C=O) groups is 3. The van der Waals surface area contributed by atoms with E-state index < -0.39 is 5.41 Å².